The van der Waals surface area contributed by atoms with Crippen molar-refractivity contribution < 1.29 is 4.79 Å². The standard InChI is InChI=1S/C7H12N4O/c8-1-2-9-3-5-11-6-4-10-7(11)12/h9H,2-6H2,(H,10,12). The van der Waals surface area contributed by atoms with Crippen molar-refractivity contribution in [3.63, 3.8) is 0 Å². The van der Waals surface area contributed by atoms with Gasteiger partial charge in [-0.25, -0.2) is 4.79 Å². The Hall–Kier alpha value is -1.28. The van der Waals surface area contributed by atoms with Crippen LogP contribution in [0.25, 0.3) is 0 Å². The van der Waals surface area contributed by atoms with Gasteiger partial charge in [0.25, 0.3) is 0 Å². The zero-order valence-electron chi connectivity index (χ0n) is 6.84. The lowest BCUT2D eigenvalue weighted by molar-refractivity contribution is 0.217. The lowest BCUT2D eigenvalue weighted by Gasteiger charge is -2.12. The number of rotatable bonds is 4. The molecule has 12 heavy (non-hydrogen) atoms. The Morgan fingerprint density at radius 2 is 2.58 bits per heavy atom. The average molecular weight is 168 g/mol. The summed E-state index contributed by atoms with van der Waals surface area (Å²) in [5.74, 6) is 0. The summed E-state index contributed by atoms with van der Waals surface area (Å²) in [5.41, 5.74) is 0. The second-order valence-corrected chi connectivity index (χ2v) is 2.55. The van der Waals surface area contributed by atoms with E-state index >= 15 is 0 Å². The van der Waals surface area contributed by atoms with Gasteiger partial charge in [0, 0.05) is 26.2 Å². The first kappa shape index (κ1) is 8.81. The molecule has 1 heterocycles. The molecule has 1 fully saturated rings. The molecule has 1 aliphatic rings. The molecule has 1 saturated heterocycles. The quantitative estimate of drug-likeness (QED) is 0.423. The molecule has 0 bridgehead atoms. The molecule has 0 aliphatic carbocycles. The van der Waals surface area contributed by atoms with Crippen molar-refractivity contribution in [2.24, 2.45) is 0 Å². The van der Waals surface area contributed by atoms with Gasteiger partial charge in [-0.05, 0) is 0 Å². The zero-order chi connectivity index (χ0) is 8.81. The van der Waals surface area contributed by atoms with Crippen molar-refractivity contribution in [3.05, 3.63) is 0 Å². The second-order valence-electron chi connectivity index (χ2n) is 2.55. The van der Waals surface area contributed by atoms with E-state index in [1.807, 2.05) is 6.07 Å². The van der Waals surface area contributed by atoms with Crippen LogP contribution in [0.5, 0.6) is 0 Å². The average Bonchev–Trinajstić information content (AvgIpc) is 2.46. The van der Waals surface area contributed by atoms with Crippen LogP contribution in [0.1, 0.15) is 0 Å². The number of nitriles is 1. The zero-order valence-corrected chi connectivity index (χ0v) is 6.84. The van der Waals surface area contributed by atoms with Gasteiger partial charge in [-0.15, -0.1) is 0 Å². The summed E-state index contributed by atoms with van der Waals surface area (Å²) in [6.45, 7) is 3.20. The van der Waals surface area contributed by atoms with Crippen molar-refractivity contribution in [1.29, 1.82) is 5.26 Å². The summed E-state index contributed by atoms with van der Waals surface area (Å²) < 4.78 is 0. The number of carbonyl (C=O) groups excluding carboxylic acids is 1. The van der Waals surface area contributed by atoms with Crippen LogP contribution in [0.4, 0.5) is 4.79 Å². The minimum atomic E-state index is -0.00578. The molecule has 0 unspecified atom stereocenters. The minimum Gasteiger partial charge on any atom is -0.336 e. The Morgan fingerprint density at radius 3 is 3.17 bits per heavy atom. The molecule has 0 aromatic carbocycles. The maximum Gasteiger partial charge on any atom is 0.317 e. The smallest absolute Gasteiger partial charge is 0.317 e. The predicted octanol–water partition coefficient (Wildman–Crippen LogP) is -0.875. The SMILES string of the molecule is N#CCNCCN1CCNC1=O. The fourth-order valence-electron chi connectivity index (χ4n) is 1.08. The molecule has 2 N–H and O–H groups in total. The van der Waals surface area contributed by atoms with Crippen LogP contribution in [0, 0.1) is 11.3 Å². The summed E-state index contributed by atoms with van der Waals surface area (Å²) in [5, 5.41) is 13.8. The number of hydrogen-bond donors (Lipinski definition) is 2. The first-order valence-corrected chi connectivity index (χ1v) is 3.95. The molecule has 5 heteroatoms. The molecule has 0 aromatic rings. The number of nitrogens with zero attached hydrogens (tertiary/aromatic N) is 2. The summed E-state index contributed by atoms with van der Waals surface area (Å²) in [4.78, 5) is 12.7. The summed E-state index contributed by atoms with van der Waals surface area (Å²) in [7, 11) is 0. The highest BCUT2D eigenvalue weighted by Gasteiger charge is 2.17. The highest BCUT2D eigenvalue weighted by atomic mass is 16.2. The van der Waals surface area contributed by atoms with E-state index in [0.717, 1.165) is 13.1 Å². The number of hydrogen-bond acceptors (Lipinski definition) is 3. The van der Waals surface area contributed by atoms with E-state index in [0.29, 0.717) is 19.6 Å². The number of urea groups is 1. The second kappa shape index (κ2) is 4.57. The fourth-order valence-corrected chi connectivity index (χ4v) is 1.08. The van der Waals surface area contributed by atoms with E-state index in [4.69, 9.17) is 5.26 Å². The molecule has 1 rings (SSSR count). The van der Waals surface area contributed by atoms with Gasteiger partial charge >= 0.3 is 6.03 Å². The van der Waals surface area contributed by atoms with E-state index in [2.05, 4.69) is 10.6 Å². The van der Waals surface area contributed by atoms with Crippen LogP contribution in [0.3, 0.4) is 0 Å². The van der Waals surface area contributed by atoms with Crippen LogP contribution in [0.15, 0.2) is 0 Å². The number of amides is 2. The van der Waals surface area contributed by atoms with Crippen molar-refractivity contribution in [1.82, 2.24) is 15.5 Å². The fraction of sp³-hybridized carbons (Fsp3) is 0.714. The molecule has 66 valence electrons. The van der Waals surface area contributed by atoms with Gasteiger partial charge in [-0.1, -0.05) is 0 Å². The molecule has 0 spiro atoms. The van der Waals surface area contributed by atoms with Crippen molar-refractivity contribution in [2.45, 2.75) is 0 Å². The topological polar surface area (TPSA) is 68.2 Å². The lowest BCUT2D eigenvalue weighted by Crippen LogP contribution is -2.34. The Kier molecular flexibility index (Phi) is 3.35. The minimum absolute atomic E-state index is 0.00578. The van der Waals surface area contributed by atoms with Gasteiger partial charge in [0.05, 0.1) is 12.6 Å². The van der Waals surface area contributed by atoms with E-state index in [9.17, 15) is 4.79 Å². The third-order valence-corrected chi connectivity index (χ3v) is 1.71. The first-order chi connectivity index (χ1) is 5.84. The largest absolute Gasteiger partial charge is 0.336 e. The number of carbonyl (C=O) groups is 1. The van der Waals surface area contributed by atoms with E-state index in [-0.39, 0.29) is 6.03 Å². The predicted molar refractivity (Wildman–Crippen MR) is 43.5 cm³/mol. The van der Waals surface area contributed by atoms with Crippen LogP contribution in [0.2, 0.25) is 0 Å². The first-order valence-electron chi connectivity index (χ1n) is 3.95. The Bertz CT molecular complexity index is 198. The van der Waals surface area contributed by atoms with Crippen LogP contribution < -0.4 is 10.6 Å². The monoisotopic (exact) mass is 168 g/mol. The molecule has 0 saturated carbocycles. The van der Waals surface area contributed by atoms with Gasteiger partial charge < -0.3 is 15.5 Å². The van der Waals surface area contributed by atoms with Gasteiger partial charge in [0.2, 0.25) is 0 Å². The molecule has 0 aromatic heterocycles. The van der Waals surface area contributed by atoms with Crippen LogP contribution >= 0.6 is 0 Å². The highest BCUT2D eigenvalue weighted by molar-refractivity contribution is 5.76. The van der Waals surface area contributed by atoms with Crippen LogP contribution in [-0.4, -0.2) is 43.7 Å². The van der Waals surface area contributed by atoms with Crippen LogP contribution in [-0.2, 0) is 0 Å². The maximum atomic E-state index is 11.0. The van der Waals surface area contributed by atoms with Gasteiger partial charge in [0.15, 0.2) is 0 Å². The third kappa shape index (κ3) is 2.40. The third-order valence-electron chi connectivity index (χ3n) is 1.71. The van der Waals surface area contributed by atoms with E-state index < -0.39 is 0 Å². The Morgan fingerprint density at radius 1 is 1.75 bits per heavy atom. The normalized spacial score (nSPS) is 15.9. The van der Waals surface area contributed by atoms with Gasteiger partial charge in [-0.2, -0.15) is 5.26 Å². The van der Waals surface area contributed by atoms with Crippen molar-refractivity contribution in [3.8, 4) is 6.07 Å². The molecule has 0 atom stereocenters. The van der Waals surface area contributed by atoms with Crippen molar-refractivity contribution in [2.75, 3.05) is 32.7 Å². The molecular weight excluding hydrogens is 156 g/mol. The molecule has 1 aliphatic heterocycles. The lowest BCUT2D eigenvalue weighted by atomic mass is 10.5. The number of nitrogens with one attached hydrogen (secondary N) is 2. The highest BCUT2D eigenvalue weighted by Crippen LogP contribution is 1.93. The van der Waals surface area contributed by atoms with E-state index in [1.165, 1.54) is 0 Å². The molecule has 2 amide bonds. The summed E-state index contributed by atoms with van der Waals surface area (Å²) in [6.07, 6.45) is 0. The van der Waals surface area contributed by atoms with Gasteiger partial charge in [-0.3, -0.25) is 0 Å². The summed E-state index contributed by atoms with van der Waals surface area (Å²) >= 11 is 0. The Labute approximate surface area is 71.3 Å². The molecule has 5 nitrogen and oxygen atoms in total. The maximum absolute atomic E-state index is 11.0. The Balaban J connectivity index is 2.07. The van der Waals surface area contributed by atoms with E-state index in [1.54, 1.807) is 4.90 Å². The van der Waals surface area contributed by atoms with Crippen molar-refractivity contribution >= 4 is 6.03 Å². The molecular formula is C7H12N4O. The van der Waals surface area contributed by atoms with Gasteiger partial charge in [0.1, 0.15) is 0 Å². The molecule has 0 radical (unpaired) electrons. The summed E-state index contributed by atoms with van der Waals surface area (Å²) in [6, 6.07) is 1.97.